The summed E-state index contributed by atoms with van der Waals surface area (Å²) in [6.07, 6.45) is 4.28. The lowest BCUT2D eigenvalue weighted by molar-refractivity contribution is 0.0549. The number of hydrogen-bond acceptors (Lipinski definition) is 2. The minimum Gasteiger partial charge on any atom is -0.458 e. The maximum absolute atomic E-state index is 12.0. The van der Waals surface area contributed by atoms with Gasteiger partial charge in [0.2, 0.25) is 0 Å². The molecule has 0 saturated heterocycles. The van der Waals surface area contributed by atoms with E-state index in [1.807, 2.05) is 18.2 Å². The molecule has 0 aliphatic carbocycles. The van der Waals surface area contributed by atoms with Gasteiger partial charge in [-0.3, -0.25) is 0 Å². The predicted molar refractivity (Wildman–Crippen MR) is 106 cm³/mol. The highest BCUT2D eigenvalue weighted by atomic mass is 28.3. The predicted octanol–water partition coefficient (Wildman–Crippen LogP) is 6.10. The zero-order valence-corrected chi connectivity index (χ0v) is 16.9. The first-order chi connectivity index (χ1) is 11.2. The van der Waals surface area contributed by atoms with Crippen LogP contribution in [0.3, 0.4) is 0 Å². The molecule has 24 heavy (non-hydrogen) atoms. The minimum atomic E-state index is -1.19. The van der Waals surface area contributed by atoms with Gasteiger partial charge in [0, 0.05) is 8.07 Å². The van der Waals surface area contributed by atoms with Crippen LogP contribution in [-0.4, -0.2) is 20.7 Å². The summed E-state index contributed by atoms with van der Waals surface area (Å²) in [7, 11) is -1.19. The number of ether oxygens (including phenoxy) is 1. The van der Waals surface area contributed by atoms with Crippen molar-refractivity contribution < 1.29 is 9.53 Å². The second kappa shape index (κ2) is 9.63. The molecule has 0 amide bonds. The van der Waals surface area contributed by atoms with E-state index in [0.29, 0.717) is 18.1 Å². The first-order valence-electron chi connectivity index (χ1n) is 8.74. The third-order valence-electron chi connectivity index (χ3n) is 4.09. The number of carbonyl (C=O) groups is 1. The lowest BCUT2D eigenvalue weighted by Gasteiger charge is -2.20. The molecule has 0 aliphatic rings. The molecular weight excluding hydrogens is 312 g/mol. The monoisotopic (exact) mass is 344 g/mol. The summed E-state index contributed by atoms with van der Waals surface area (Å²) in [5.74, 6) is 0.274. The third kappa shape index (κ3) is 8.30. The van der Waals surface area contributed by atoms with E-state index in [9.17, 15) is 4.79 Å². The van der Waals surface area contributed by atoms with E-state index in [0.717, 1.165) is 18.9 Å². The Kier molecular flexibility index (Phi) is 8.20. The summed E-state index contributed by atoms with van der Waals surface area (Å²) in [6, 6.07) is 10.3. The molecule has 1 atom stereocenters. The van der Waals surface area contributed by atoms with Crippen molar-refractivity contribution in [2.75, 3.05) is 6.61 Å². The first-order valence-corrected chi connectivity index (χ1v) is 12.5. The number of benzene rings is 1. The molecule has 1 rings (SSSR count). The normalized spacial score (nSPS) is 13.5. The Bertz CT molecular complexity index is 567. The van der Waals surface area contributed by atoms with Crippen LogP contribution in [0.1, 0.15) is 37.0 Å². The zero-order valence-electron chi connectivity index (χ0n) is 15.9. The summed E-state index contributed by atoms with van der Waals surface area (Å²) in [5.41, 5.74) is 3.26. The molecule has 132 valence electrons. The van der Waals surface area contributed by atoms with E-state index in [1.165, 1.54) is 11.1 Å². The van der Waals surface area contributed by atoms with Gasteiger partial charge in [-0.2, -0.15) is 0 Å². The molecule has 0 bridgehead atoms. The van der Waals surface area contributed by atoms with Crippen LogP contribution in [-0.2, 0) is 4.74 Å². The fourth-order valence-electron chi connectivity index (χ4n) is 2.48. The number of esters is 1. The largest absolute Gasteiger partial charge is 0.458 e. The number of rotatable bonds is 9. The summed E-state index contributed by atoms with van der Waals surface area (Å²) in [4.78, 5) is 12.0. The molecule has 1 aromatic rings. The van der Waals surface area contributed by atoms with Crippen LogP contribution in [0.4, 0.5) is 0 Å². The van der Waals surface area contributed by atoms with Crippen molar-refractivity contribution in [1.29, 1.82) is 0 Å². The van der Waals surface area contributed by atoms with Crippen LogP contribution < -0.4 is 0 Å². The first kappa shape index (κ1) is 20.4. The molecule has 0 aliphatic heterocycles. The van der Waals surface area contributed by atoms with Crippen molar-refractivity contribution in [2.45, 2.75) is 52.4 Å². The van der Waals surface area contributed by atoms with Crippen molar-refractivity contribution in [2.24, 2.45) is 5.92 Å². The van der Waals surface area contributed by atoms with Gasteiger partial charge < -0.3 is 4.74 Å². The van der Waals surface area contributed by atoms with Gasteiger partial charge in [0.15, 0.2) is 0 Å². The molecule has 1 aromatic carbocycles. The Labute approximate surface area is 148 Å². The van der Waals surface area contributed by atoms with Crippen LogP contribution in [0.5, 0.6) is 0 Å². The average Bonchev–Trinajstić information content (AvgIpc) is 2.51. The van der Waals surface area contributed by atoms with Gasteiger partial charge in [0.1, 0.15) is 6.61 Å². The van der Waals surface area contributed by atoms with Gasteiger partial charge in [-0.05, 0) is 49.9 Å². The van der Waals surface area contributed by atoms with Gasteiger partial charge in [-0.25, -0.2) is 4.79 Å². The Morgan fingerprint density at radius 3 is 2.42 bits per heavy atom. The van der Waals surface area contributed by atoms with Crippen molar-refractivity contribution >= 4 is 14.0 Å². The average molecular weight is 345 g/mol. The second-order valence-corrected chi connectivity index (χ2v) is 13.3. The lowest BCUT2D eigenvalue weighted by atomic mass is 9.96. The molecule has 3 heteroatoms. The molecule has 0 heterocycles. The molecule has 0 fully saturated rings. The van der Waals surface area contributed by atoms with Gasteiger partial charge >= 0.3 is 5.97 Å². The van der Waals surface area contributed by atoms with E-state index in [2.05, 4.69) is 46.1 Å². The minimum absolute atomic E-state index is 0.255. The number of allylic oxidation sites excluding steroid dienone is 2. The van der Waals surface area contributed by atoms with Gasteiger partial charge in [0.05, 0.1) is 5.56 Å². The summed E-state index contributed by atoms with van der Waals surface area (Å²) >= 11 is 0. The van der Waals surface area contributed by atoms with Gasteiger partial charge in [-0.1, -0.05) is 62.5 Å². The molecule has 0 unspecified atom stereocenters. The van der Waals surface area contributed by atoms with Gasteiger partial charge in [-0.15, -0.1) is 0 Å². The Morgan fingerprint density at radius 2 is 1.88 bits per heavy atom. The van der Waals surface area contributed by atoms with Crippen molar-refractivity contribution in [3.8, 4) is 0 Å². The number of hydrogen-bond donors (Lipinski definition) is 0. The molecular formula is C21H32O2Si. The summed E-state index contributed by atoms with van der Waals surface area (Å²) in [5, 5.41) is 0. The highest BCUT2D eigenvalue weighted by Gasteiger charge is 2.16. The lowest BCUT2D eigenvalue weighted by Crippen LogP contribution is -2.20. The maximum Gasteiger partial charge on any atom is 0.338 e. The Balaban J connectivity index is 2.63. The van der Waals surface area contributed by atoms with Crippen LogP contribution in [0.2, 0.25) is 25.7 Å². The summed E-state index contributed by atoms with van der Waals surface area (Å²) in [6.45, 7) is 15.8. The summed E-state index contributed by atoms with van der Waals surface area (Å²) < 4.78 is 5.41. The standard InChI is InChI=1S/C21H32O2Si/c1-17(2)18(3)12-13-19(16-24(4,5)6)14-15-23-21(22)20-10-8-7-9-11-20/h7-11,14,18H,1,12-13,15-16H2,2-6H3/b19-14-/t18-/m0/s1. The van der Waals surface area contributed by atoms with E-state index in [-0.39, 0.29) is 5.97 Å². The maximum atomic E-state index is 12.0. The van der Waals surface area contributed by atoms with E-state index in [4.69, 9.17) is 4.74 Å². The van der Waals surface area contributed by atoms with E-state index in [1.54, 1.807) is 12.1 Å². The Morgan fingerprint density at radius 1 is 1.25 bits per heavy atom. The molecule has 0 aromatic heterocycles. The molecule has 0 radical (unpaired) electrons. The Hall–Kier alpha value is -1.61. The van der Waals surface area contributed by atoms with Crippen molar-refractivity contribution in [3.63, 3.8) is 0 Å². The highest BCUT2D eigenvalue weighted by Crippen LogP contribution is 2.24. The molecule has 0 saturated carbocycles. The van der Waals surface area contributed by atoms with E-state index >= 15 is 0 Å². The molecule has 2 nitrogen and oxygen atoms in total. The highest BCUT2D eigenvalue weighted by molar-refractivity contribution is 6.76. The van der Waals surface area contributed by atoms with Gasteiger partial charge in [0.25, 0.3) is 0 Å². The smallest absolute Gasteiger partial charge is 0.338 e. The van der Waals surface area contributed by atoms with Crippen molar-refractivity contribution in [1.82, 2.24) is 0 Å². The van der Waals surface area contributed by atoms with Crippen LogP contribution in [0.25, 0.3) is 0 Å². The second-order valence-electron chi connectivity index (χ2n) is 7.85. The van der Waals surface area contributed by atoms with E-state index < -0.39 is 8.07 Å². The fourth-order valence-corrected chi connectivity index (χ4v) is 4.17. The van der Waals surface area contributed by atoms with Crippen LogP contribution in [0.15, 0.2) is 54.1 Å². The fraction of sp³-hybridized carbons (Fsp3) is 0.476. The van der Waals surface area contributed by atoms with Crippen molar-refractivity contribution in [3.05, 3.63) is 59.7 Å². The quantitative estimate of drug-likeness (QED) is 0.307. The topological polar surface area (TPSA) is 26.3 Å². The third-order valence-corrected chi connectivity index (χ3v) is 5.61. The zero-order chi connectivity index (χ0) is 18.2. The molecule has 0 N–H and O–H groups in total. The van der Waals surface area contributed by atoms with Crippen LogP contribution >= 0.6 is 0 Å². The SMILES string of the molecule is C=C(C)[C@@H](C)CC/C(=C/COC(=O)c1ccccc1)C[Si](C)(C)C. The number of carbonyl (C=O) groups excluding carboxylic acids is 1. The molecule has 0 spiro atoms. The van der Waals surface area contributed by atoms with Crippen LogP contribution in [0, 0.1) is 5.92 Å².